The maximum absolute atomic E-state index is 6.18. The molecule has 226 valence electrons. The molecule has 0 amide bonds. The van der Waals surface area contributed by atoms with Crippen LogP contribution in [0.1, 0.15) is 40.0 Å². The first-order valence-electron chi connectivity index (χ1n) is 16.4. The van der Waals surface area contributed by atoms with Gasteiger partial charge in [0.25, 0.3) is 0 Å². The number of rotatable bonds is 5. The molecule has 47 heavy (non-hydrogen) atoms. The molecular weight excluding hydrogens is 574 g/mol. The van der Waals surface area contributed by atoms with Crippen molar-refractivity contribution in [2.75, 3.05) is 7.11 Å². The quantitative estimate of drug-likeness (QED) is 0.144. The average Bonchev–Trinajstić information content (AvgIpc) is 3.36. The fourth-order valence-corrected chi connectivity index (χ4v) is 8.40. The summed E-state index contributed by atoms with van der Waals surface area (Å²) in [7, 11) is 1.76. The molecule has 6 heterocycles. The van der Waals surface area contributed by atoms with Crippen LogP contribution >= 0.6 is 0 Å². The Labute approximate surface area is 275 Å². The van der Waals surface area contributed by atoms with E-state index in [-0.39, 0.29) is 12.1 Å². The number of pyridine rings is 3. The summed E-state index contributed by atoms with van der Waals surface area (Å²) in [5, 5.41) is 0. The van der Waals surface area contributed by atoms with E-state index in [1.165, 1.54) is 56.2 Å². The van der Waals surface area contributed by atoms with Gasteiger partial charge in [-0.2, -0.15) is 13.7 Å². The number of benzene rings is 3. The highest BCUT2D eigenvalue weighted by atomic mass is 16.5. The van der Waals surface area contributed by atoms with Gasteiger partial charge >= 0.3 is 0 Å². The smallest absolute Gasteiger partial charge is 0.243 e. The van der Waals surface area contributed by atoms with Crippen molar-refractivity contribution in [3.05, 3.63) is 163 Å². The van der Waals surface area contributed by atoms with Crippen molar-refractivity contribution >= 4 is 5.57 Å². The Bertz CT molecular complexity index is 2320. The van der Waals surface area contributed by atoms with Gasteiger partial charge in [-0.05, 0) is 53.6 Å². The highest BCUT2D eigenvalue weighted by Gasteiger charge is 2.44. The molecule has 4 nitrogen and oxygen atoms in total. The van der Waals surface area contributed by atoms with Gasteiger partial charge in [-0.15, -0.1) is 0 Å². The molecule has 3 aliphatic heterocycles. The minimum Gasteiger partial charge on any atom is -0.495 e. The van der Waals surface area contributed by atoms with E-state index < -0.39 is 0 Å². The van der Waals surface area contributed by atoms with E-state index in [1.54, 1.807) is 13.2 Å². The molecule has 2 atom stereocenters. The number of methoxy groups -OCH3 is 1. The van der Waals surface area contributed by atoms with Gasteiger partial charge < -0.3 is 4.74 Å². The topological polar surface area (TPSA) is 20.9 Å². The molecule has 2 bridgehead atoms. The van der Waals surface area contributed by atoms with Crippen LogP contribution in [0.2, 0.25) is 0 Å². The van der Waals surface area contributed by atoms with E-state index >= 15 is 0 Å². The van der Waals surface area contributed by atoms with E-state index in [9.17, 15) is 0 Å². The monoisotopic (exact) mass is 610 g/mol. The number of aryl methyl sites for hydroxylation is 1. The average molecular weight is 611 g/mol. The van der Waals surface area contributed by atoms with Crippen LogP contribution in [0.3, 0.4) is 0 Å². The molecule has 2 unspecified atom stereocenters. The minimum atomic E-state index is 0.0454. The predicted octanol–water partition coefficient (Wildman–Crippen LogP) is 7.80. The number of nitrogens with zero attached hydrogens (tertiary/aromatic N) is 3. The SMILES string of the molecule is C=CC(=C)c1ccc2c(c1OC)-c1cccc[n+]1CC2[n+]1c(C)cccc1-c1ccc2cc1CC1c3ccccc3-c3cccc-2[n+]31. The van der Waals surface area contributed by atoms with Crippen molar-refractivity contribution in [1.82, 2.24) is 0 Å². The van der Waals surface area contributed by atoms with Gasteiger partial charge in [0.05, 0.1) is 18.2 Å². The zero-order valence-electron chi connectivity index (χ0n) is 26.8. The Hall–Kier alpha value is -5.61. The highest BCUT2D eigenvalue weighted by Crippen LogP contribution is 2.44. The summed E-state index contributed by atoms with van der Waals surface area (Å²) in [4.78, 5) is 0. The van der Waals surface area contributed by atoms with Crippen LogP contribution in [0.5, 0.6) is 5.75 Å². The Balaban J connectivity index is 1.25. The zero-order chi connectivity index (χ0) is 31.8. The van der Waals surface area contributed by atoms with Gasteiger partial charge in [0.15, 0.2) is 17.9 Å². The summed E-state index contributed by atoms with van der Waals surface area (Å²) < 4.78 is 13.7. The Kier molecular flexibility index (Phi) is 6.16. The number of aromatic nitrogens is 3. The maximum Gasteiger partial charge on any atom is 0.243 e. The van der Waals surface area contributed by atoms with Crippen LogP contribution in [0.25, 0.3) is 50.6 Å². The third-order valence-corrected chi connectivity index (χ3v) is 10.5. The zero-order valence-corrected chi connectivity index (χ0v) is 26.8. The van der Waals surface area contributed by atoms with E-state index in [2.05, 4.69) is 149 Å². The van der Waals surface area contributed by atoms with Gasteiger partial charge in [0.1, 0.15) is 5.75 Å². The lowest BCUT2D eigenvalue weighted by Crippen LogP contribution is -2.55. The second-order valence-corrected chi connectivity index (χ2v) is 12.9. The number of ether oxygens (including phenoxy) is 1. The fourth-order valence-electron chi connectivity index (χ4n) is 8.40. The normalized spacial score (nSPS) is 16.3. The molecule has 3 aliphatic rings. The molecule has 0 saturated carbocycles. The summed E-state index contributed by atoms with van der Waals surface area (Å²) in [5.74, 6) is 0.842. The maximum atomic E-state index is 6.18. The summed E-state index contributed by atoms with van der Waals surface area (Å²) in [6, 6.07) is 40.6. The molecule has 3 aromatic heterocycles. The van der Waals surface area contributed by atoms with Crippen molar-refractivity contribution in [1.29, 1.82) is 0 Å². The molecule has 0 saturated heterocycles. The molecule has 0 spiro atoms. The second-order valence-electron chi connectivity index (χ2n) is 12.9. The summed E-state index contributed by atoms with van der Waals surface area (Å²) in [6.45, 7) is 11.3. The van der Waals surface area contributed by atoms with Gasteiger partial charge in [-0.3, -0.25) is 0 Å². The summed E-state index contributed by atoms with van der Waals surface area (Å²) in [5.41, 5.74) is 17.0. The molecule has 0 radical (unpaired) electrons. The van der Waals surface area contributed by atoms with Crippen LogP contribution in [0, 0.1) is 6.92 Å². The predicted molar refractivity (Wildman–Crippen MR) is 186 cm³/mol. The molecular formula is C43H36N3O+3. The molecule has 0 aliphatic carbocycles. The molecule has 4 heteroatoms. The third-order valence-electron chi connectivity index (χ3n) is 10.5. The Morgan fingerprint density at radius 1 is 0.745 bits per heavy atom. The van der Waals surface area contributed by atoms with Crippen LogP contribution in [0.15, 0.2) is 135 Å². The molecule has 3 aromatic carbocycles. The van der Waals surface area contributed by atoms with Crippen molar-refractivity contribution in [3.63, 3.8) is 0 Å². The number of hydrogen-bond acceptors (Lipinski definition) is 1. The lowest BCUT2D eigenvalue weighted by molar-refractivity contribution is -0.787. The van der Waals surface area contributed by atoms with E-state index in [4.69, 9.17) is 4.74 Å². The third kappa shape index (κ3) is 3.97. The van der Waals surface area contributed by atoms with Crippen LogP contribution in [-0.2, 0) is 13.0 Å². The second kappa shape index (κ2) is 10.5. The first kappa shape index (κ1) is 27.7. The summed E-state index contributed by atoms with van der Waals surface area (Å²) >= 11 is 0. The van der Waals surface area contributed by atoms with Gasteiger partial charge in [-0.1, -0.05) is 49.6 Å². The van der Waals surface area contributed by atoms with Crippen LogP contribution in [0.4, 0.5) is 0 Å². The minimum absolute atomic E-state index is 0.0454. The Morgan fingerprint density at radius 2 is 1.51 bits per heavy atom. The van der Waals surface area contributed by atoms with Gasteiger partial charge in [0.2, 0.25) is 35.4 Å². The largest absolute Gasteiger partial charge is 0.495 e. The van der Waals surface area contributed by atoms with E-state index in [0.717, 1.165) is 41.1 Å². The lowest BCUT2D eigenvalue weighted by atomic mass is 9.88. The van der Waals surface area contributed by atoms with Crippen molar-refractivity contribution < 1.29 is 18.4 Å². The number of hydrogen-bond donors (Lipinski definition) is 0. The molecule has 0 fully saturated rings. The molecule has 0 N–H and O–H groups in total. The number of allylic oxidation sites excluding steroid dienone is 2. The molecule has 9 rings (SSSR count). The first-order chi connectivity index (χ1) is 23.1. The van der Waals surface area contributed by atoms with Gasteiger partial charge in [0, 0.05) is 77.6 Å². The summed E-state index contributed by atoms with van der Waals surface area (Å²) in [6.07, 6.45) is 4.92. The van der Waals surface area contributed by atoms with Crippen molar-refractivity contribution in [2.24, 2.45) is 0 Å². The van der Waals surface area contributed by atoms with Crippen molar-refractivity contribution in [3.8, 4) is 50.8 Å². The van der Waals surface area contributed by atoms with Crippen molar-refractivity contribution in [2.45, 2.75) is 32.0 Å². The van der Waals surface area contributed by atoms with E-state index in [0.29, 0.717) is 0 Å². The highest BCUT2D eigenvalue weighted by molar-refractivity contribution is 5.84. The Morgan fingerprint density at radius 3 is 2.36 bits per heavy atom. The lowest BCUT2D eigenvalue weighted by Gasteiger charge is -2.25. The number of fused-ring (bicyclic) bond motifs is 9. The van der Waals surface area contributed by atoms with Crippen LogP contribution < -0.4 is 18.4 Å². The molecule has 6 aromatic rings. The first-order valence-corrected chi connectivity index (χ1v) is 16.4. The van der Waals surface area contributed by atoms with Crippen LogP contribution in [-0.4, -0.2) is 7.11 Å². The van der Waals surface area contributed by atoms with E-state index in [1.807, 2.05) is 0 Å². The standard InChI is InChI=1S/C43H36N3O/c1-5-27(2)31-21-22-35-41(26-44-23-9-8-15-39(44)42(35)43(31)47-4)45-28(3)12-10-17-37(45)32-20-19-29-24-30(32)25-40-34-14-7-6-13-33(34)38-18-11-16-36(29)46(38)40/h5-24,40-41H,1-2,25-26H2,3-4H3/q+3. The van der Waals surface area contributed by atoms with Gasteiger partial charge in [-0.25, -0.2) is 0 Å². The fraction of sp³-hybridized carbons (Fsp3) is 0.140.